The van der Waals surface area contributed by atoms with E-state index in [9.17, 15) is 4.79 Å². The Morgan fingerprint density at radius 2 is 2.25 bits per heavy atom. The summed E-state index contributed by atoms with van der Waals surface area (Å²) in [7, 11) is 0. The molecule has 0 aliphatic carbocycles. The summed E-state index contributed by atoms with van der Waals surface area (Å²) in [5.41, 5.74) is 3.64. The Labute approximate surface area is 126 Å². The summed E-state index contributed by atoms with van der Waals surface area (Å²) in [6.45, 7) is 6.93. The molecule has 1 aromatic rings. The summed E-state index contributed by atoms with van der Waals surface area (Å²) in [6, 6.07) is 6.43. The number of hydrogen-bond donors (Lipinski definition) is 2. The maximum absolute atomic E-state index is 11.9. The molecule has 0 bridgehead atoms. The number of morpholine rings is 1. The third-order valence-corrected chi connectivity index (χ3v) is 3.40. The average molecular weight is 299 g/mol. The van der Waals surface area contributed by atoms with Crippen molar-refractivity contribution >= 4 is 18.3 Å². The van der Waals surface area contributed by atoms with E-state index in [-0.39, 0.29) is 24.4 Å². The SMILES string of the molecule is Cc1ccc(CNC(=O)CC2COCCN2)c(C)c1.Cl. The van der Waals surface area contributed by atoms with Crippen LogP contribution in [0, 0.1) is 13.8 Å². The molecule has 4 nitrogen and oxygen atoms in total. The molecule has 1 aliphatic heterocycles. The highest BCUT2D eigenvalue weighted by Crippen LogP contribution is 2.10. The van der Waals surface area contributed by atoms with Gasteiger partial charge in [0.2, 0.25) is 5.91 Å². The first kappa shape index (κ1) is 17.0. The van der Waals surface area contributed by atoms with Gasteiger partial charge in [0.15, 0.2) is 0 Å². The number of amides is 1. The van der Waals surface area contributed by atoms with Crippen molar-refractivity contribution in [3.63, 3.8) is 0 Å². The Bertz CT molecular complexity index is 445. The van der Waals surface area contributed by atoms with Crippen molar-refractivity contribution in [1.82, 2.24) is 10.6 Å². The van der Waals surface area contributed by atoms with Crippen LogP contribution >= 0.6 is 12.4 Å². The van der Waals surface area contributed by atoms with Crippen LogP contribution in [0.2, 0.25) is 0 Å². The van der Waals surface area contributed by atoms with E-state index in [0.717, 1.165) is 13.2 Å². The third-order valence-electron chi connectivity index (χ3n) is 3.40. The van der Waals surface area contributed by atoms with E-state index >= 15 is 0 Å². The molecule has 1 fully saturated rings. The number of benzene rings is 1. The van der Waals surface area contributed by atoms with Crippen molar-refractivity contribution < 1.29 is 9.53 Å². The molecule has 5 heteroatoms. The molecular weight excluding hydrogens is 276 g/mol. The van der Waals surface area contributed by atoms with Crippen molar-refractivity contribution in [2.75, 3.05) is 19.8 Å². The molecule has 0 saturated carbocycles. The molecular formula is C15H23ClN2O2. The number of aryl methyl sites for hydroxylation is 2. The maximum Gasteiger partial charge on any atom is 0.221 e. The highest BCUT2D eigenvalue weighted by atomic mass is 35.5. The Kier molecular flexibility index (Phi) is 6.99. The molecule has 1 aliphatic rings. The fourth-order valence-corrected chi connectivity index (χ4v) is 2.28. The maximum atomic E-state index is 11.9. The fourth-order valence-electron chi connectivity index (χ4n) is 2.28. The summed E-state index contributed by atoms with van der Waals surface area (Å²) < 4.78 is 5.34. The second-order valence-electron chi connectivity index (χ2n) is 5.14. The zero-order valence-electron chi connectivity index (χ0n) is 12.1. The van der Waals surface area contributed by atoms with Crippen LogP contribution in [-0.2, 0) is 16.1 Å². The lowest BCUT2D eigenvalue weighted by atomic mass is 10.1. The molecule has 0 spiro atoms. The van der Waals surface area contributed by atoms with Crippen LogP contribution in [0.15, 0.2) is 18.2 Å². The molecule has 1 heterocycles. The van der Waals surface area contributed by atoms with Crippen molar-refractivity contribution in [3.8, 4) is 0 Å². The van der Waals surface area contributed by atoms with E-state index in [4.69, 9.17) is 4.74 Å². The van der Waals surface area contributed by atoms with E-state index in [1.54, 1.807) is 0 Å². The van der Waals surface area contributed by atoms with Crippen molar-refractivity contribution in [3.05, 3.63) is 34.9 Å². The number of ether oxygens (including phenoxy) is 1. The van der Waals surface area contributed by atoms with Gasteiger partial charge in [-0.15, -0.1) is 12.4 Å². The van der Waals surface area contributed by atoms with Crippen LogP contribution in [0.4, 0.5) is 0 Å². The molecule has 1 atom stereocenters. The summed E-state index contributed by atoms with van der Waals surface area (Å²) in [5.74, 6) is 0.0722. The summed E-state index contributed by atoms with van der Waals surface area (Å²) in [6.07, 6.45) is 0.477. The number of carbonyl (C=O) groups excluding carboxylic acids is 1. The van der Waals surface area contributed by atoms with Gasteiger partial charge in [-0.05, 0) is 25.0 Å². The van der Waals surface area contributed by atoms with Crippen molar-refractivity contribution in [1.29, 1.82) is 0 Å². The van der Waals surface area contributed by atoms with Crippen LogP contribution in [0.25, 0.3) is 0 Å². The molecule has 1 unspecified atom stereocenters. The zero-order valence-corrected chi connectivity index (χ0v) is 12.9. The Balaban J connectivity index is 0.00000200. The number of hydrogen-bond acceptors (Lipinski definition) is 3. The quantitative estimate of drug-likeness (QED) is 0.890. The van der Waals surface area contributed by atoms with Gasteiger partial charge in [-0.25, -0.2) is 0 Å². The minimum Gasteiger partial charge on any atom is -0.378 e. The van der Waals surface area contributed by atoms with Crippen LogP contribution in [0.3, 0.4) is 0 Å². The molecule has 1 saturated heterocycles. The third kappa shape index (κ3) is 5.12. The first-order chi connectivity index (χ1) is 9.15. The van der Waals surface area contributed by atoms with Gasteiger partial charge in [0.25, 0.3) is 0 Å². The summed E-state index contributed by atoms with van der Waals surface area (Å²) >= 11 is 0. The highest BCUT2D eigenvalue weighted by Gasteiger charge is 2.16. The molecule has 2 rings (SSSR count). The topological polar surface area (TPSA) is 50.4 Å². The van der Waals surface area contributed by atoms with Crippen LogP contribution < -0.4 is 10.6 Å². The molecule has 2 N–H and O–H groups in total. The number of nitrogens with one attached hydrogen (secondary N) is 2. The van der Waals surface area contributed by atoms with Gasteiger partial charge in [0.1, 0.15) is 0 Å². The predicted molar refractivity (Wildman–Crippen MR) is 82.2 cm³/mol. The lowest BCUT2D eigenvalue weighted by molar-refractivity contribution is -0.122. The molecule has 1 amide bonds. The normalized spacial score (nSPS) is 18.2. The zero-order chi connectivity index (χ0) is 13.7. The molecule has 0 radical (unpaired) electrons. The van der Waals surface area contributed by atoms with Gasteiger partial charge >= 0.3 is 0 Å². The van der Waals surface area contributed by atoms with Crippen LogP contribution in [0.1, 0.15) is 23.1 Å². The minimum absolute atomic E-state index is 0. The Hall–Kier alpha value is -1.10. The van der Waals surface area contributed by atoms with E-state index in [1.807, 2.05) is 0 Å². The van der Waals surface area contributed by atoms with E-state index in [2.05, 4.69) is 42.7 Å². The minimum atomic E-state index is 0. The summed E-state index contributed by atoms with van der Waals surface area (Å²) in [5, 5.41) is 6.25. The van der Waals surface area contributed by atoms with Gasteiger partial charge in [0.05, 0.1) is 13.2 Å². The smallest absolute Gasteiger partial charge is 0.221 e. The standard InChI is InChI=1S/C15H22N2O2.ClH/c1-11-3-4-13(12(2)7-11)9-17-15(18)8-14-10-19-6-5-16-14;/h3-4,7,14,16H,5-6,8-10H2,1-2H3,(H,17,18);1H. The number of rotatable bonds is 4. The molecule has 0 aromatic heterocycles. The molecule has 1 aromatic carbocycles. The average Bonchev–Trinajstić information content (AvgIpc) is 2.39. The second kappa shape index (κ2) is 8.25. The van der Waals surface area contributed by atoms with Crippen molar-refractivity contribution in [2.45, 2.75) is 32.9 Å². The van der Waals surface area contributed by atoms with E-state index < -0.39 is 0 Å². The van der Waals surface area contributed by atoms with E-state index in [0.29, 0.717) is 19.6 Å². The van der Waals surface area contributed by atoms with Crippen molar-refractivity contribution in [2.24, 2.45) is 0 Å². The predicted octanol–water partition coefficient (Wildman–Crippen LogP) is 1.72. The molecule has 112 valence electrons. The van der Waals surface area contributed by atoms with Crippen LogP contribution in [0.5, 0.6) is 0 Å². The van der Waals surface area contributed by atoms with Gasteiger partial charge in [-0.2, -0.15) is 0 Å². The highest BCUT2D eigenvalue weighted by molar-refractivity contribution is 5.85. The Morgan fingerprint density at radius 3 is 2.90 bits per heavy atom. The molecule has 20 heavy (non-hydrogen) atoms. The van der Waals surface area contributed by atoms with E-state index in [1.165, 1.54) is 16.7 Å². The largest absolute Gasteiger partial charge is 0.378 e. The van der Waals surface area contributed by atoms with Crippen LogP contribution in [-0.4, -0.2) is 31.7 Å². The Morgan fingerprint density at radius 1 is 1.45 bits per heavy atom. The van der Waals surface area contributed by atoms with Gasteiger partial charge in [0, 0.05) is 25.6 Å². The van der Waals surface area contributed by atoms with Gasteiger partial charge in [-0.1, -0.05) is 23.8 Å². The van der Waals surface area contributed by atoms with Gasteiger partial charge in [-0.3, -0.25) is 4.79 Å². The fraction of sp³-hybridized carbons (Fsp3) is 0.533. The monoisotopic (exact) mass is 298 g/mol. The second-order valence-corrected chi connectivity index (χ2v) is 5.14. The first-order valence-electron chi connectivity index (χ1n) is 6.79. The summed E-state index contributed by atoms with van der Waals surface area (Å²) in [4.78, 5) is 11.9. The lowest BCUT2D eigenvalue weighted by Gasteiger charge is -2.23. The lowest BCUT2D eigenvalue weighted by Crippen LogP contribution is -2.44. The van der Waals surface area contributed by atoms with Gasteiger partial charge < -0.3 is 15.4 Å². The first-order valence-corrected chi connectivity index (χ1v) is 6.79. The number of halogens is 1. The number of carbonyl (C=O) groups is 1.